The number of nitrogens with two attached hydrogens (primary N) is 1. The molecule has 6 nitrogen and oxygen atoms in total. The van der Waals surface area contributed by atoms with E-state index in [4.69, 9.17) is 10.8 Å². The minimum Gasteiger partial charge on any atom is -0.396 e. The Kier molecular flexibility index (Phi) is 4.95. The highest BCUT2D eigenvalue weighted by molar-refractivity contribution is 7.91. The van der Waals surface area contributed by atoms with E-state index in [9.17, 15) is 8.42 Å². The molecule has 1 aromatic heterocycles. The molecule has 17 heavy (non-hydrogen) atoms. The molecule has 1 rings (SSSR count). The second-order valence-corrected chi connectivity index (χ2v) is 6.31. The van der Waals surface area contributed by atoms with Gasteiger partial charge in [-0.2, -0.15) is 5.10 Å². The van der Waals surface area contributed by atoms with Crippen LogP contribution >= 0.6 is 0 Å². The smallest absolute Gasteiger partial charge is 0.151 e. The highest BCUT2D eigenvalue weighted by Crippen LogP contribution is 2.13. The standard InChI is InChI=1S/C10H19N3O3S/c1-2-17(15,16)7-5-13-10(11)9(8-12-13)4-3-6-14/h8,14H,2-7,11H2,1H3. The SMILES string of the molecule is CCS(=O)(=O)CCn1ncc(CCCO)c1N. The summed E-state index contributed by atoms with van der Waals surface area (Å²) in [7, 11) is -3.00. The Morgan fingerprint density at radius 3 is 2.82 bits per heavy atom. The summed E-state index contributed by atoms with van der Waals surface area (Å²) in [6.07, 6.45) is 2.91. The van der Waals surface area contributed by atoms with Crippen molar-refractivity contribution in [3.05, 3.63) is 11.8 Å². The van der Waals surface area contributed by atoms with Gasteiger partial charge in [-0.15, -0.1) is 0 Å². The van der Waals surface area contributed by atoms with Gasteiger partial charge in [0.2, 0.25) is 0 Å². The highest BCUT2D eigenvalue weighted by Gasteiger charge is 2.11. The van der Waals surface area contributed by atoms with Gasteiger partial charge < -0.3 is 10.8 Å². The molecule has 0 aliphatic heterocycles. The lowest BCUT2D eigenvalue weighted by Crippen LogP contribution is -2.16. The zero-order valence-corrected chi connectivity index (χ0v) is 10.8. The van der Waals surface area contributed by atoms with Crippen LogP contribution in [0.4, 0.5) is 5.82 Å². The maximum atomic E-state index is 11.3. The van der Waals surface area contributed by atoms with Gasteiger partial charge in [0.15, 0.2) is 9.84 Å². The highest BCUT2D eigenvalue weighted by atomic mass is 32.2. The summed E-state index contributed by atoms with van der Waals surface area (Å²) in [6, 6.07) is 0. The molecule has 98 valence electrons. The number of aryl methyl sites for hydroxylation is 2. The molecule has 0 unspecified atom stereocenters. The van der Waals surface area contributed by atoms with Gasteiger partial charge in [-0.3, -0.25) is 0 Å². The first-order chi connectivity index (χ1) is 8.00. The van der Waals surface area contributed by atoms with E-state index in [0.29, 0.717) is 18.7 Å². The largest absolute Gasteiger partial charge is 0.396 e. The van der Waals surface area contributed by atoms with Gasteiger partial charge >= 0.3 is 0 Å². The molecule has 0 atom stereocenters. The minimum absolute atomic E-state index is 0.0504. The van der Waals surface area contributed by atoms with E-state index in [1.54, 1.807) is 13.1 Å². The summed E-state index contributed by atoms with van der Waals surface area (Å²) in [5, 5.41) is 12.8. The molecule has 0 fully saturated rings. The lowest BCUT2D eigenvalue weighted by Gasteiger charge is -2.05. The lowest BCUT2D eigenvalue weighted by molar-refractivity contribution is 0.288. The van der Waals surface area contributed by atoms with E-state index in [1.807, 2.05) is 0 Å². The Hall–Kier alpha value is -1.08. The van der Waals surface area contributed by atoms with Gasteiger partial charge in [0.25, 0.3) is 0 Å². The van der Waals surface area contributed by atoms with Crippen molar-refractivity contribution in [2.75, 3.05) is 23.8 Å². The zero-order chi connectivity index (χ0) is 12.9. The van der Waals surface area contributed by atoms with Gasteiger partial charge in [0, 0.05) is 17.9 Å². The molecule has 0 saturated carbocycles. The fourth-order valence-electron chi connectivity index (χ4n) is 1.44. The van der Waals surface area contributed by atoms with Crippen LogP contribution in [0.3, 0.4) is 0 Å². The second kappa shape index (κ2) is 6.02. The topological polar surface area (TPSA) is 98.2 Å². The summed E-state index contributed by atoms with van der Waals surface area (Å²) in [6.45, 7) is 2.00. The number of nitrogens with zero attached hydrogens (tertiary/aromatic N) is 2. The van der Waals surface area contributed by atoms with E-state index >= 15 is 0 Å². The molecule has 0 radical (unpaired) electrons. The van der Waals surface area contributed by atoms with Crippen LogP contribution in [-0.4, -0.2) is 41.4 Å². The molecule has 0 saturated heterocycles. The average molecular weight is 261 g/mol. The van der Waals surface area contributed by atoms with Crippen LogP contribution in [0.15, 0.2) is 6.20 Å². The molecule has 0 spiro atoms. The molecule has 3 N–H and O–H groups in total. The van der Waals surface area contributed by atoms with Crippen LogP contribution in [-0.2, 0) is 22.8 Å². The number of aliphatic hydroxyl groups excluding tert-OH is 1. The zero-order valence-electron chi connectivity index (χ0n) is 9.96. The summed E-state index contributed by atoms with van der Waals surface area (Å²) < 4.78 is 24.2. The molecule has 0 bridgehead atoms. The number of nitrogen functional groups attached to an aromatic ring is 1. The molecule has 0 aliphatic carbocycles. The molecule has 1 heterocycles. The van der Waals surface area contributed by atoms with Crippen molar-refractivity contribution in [3.8, 4) is 0 Å². The molecular weight excluding hydrogens is 242 g/mol. The lowest BCUT2D eigenvalue weighted by atomic mass is 10.2. The number of aromatic nitrogens is 2. The Labute approximate surface area is 101 Å². The molecule has 7 heteroatoms. The number of aliphatic hydroxyl groups is 1. The normalized spacial score (nSPS) is 11.9. The maximum Gasteiger partial charge on any atom is 0.151 e. The quantitative estimate of drug-likeness (QED) is 0.709. The number of hydrogen-bond acceptors (Lipinski definition) is 5. The number of anilines is 1. The third kappa shape index (κ3) is 4.01. The van der Waals surface area contributed by atoms with Crippen LogP contribution in [0.5, 0.6) is 0 Å². The van der Waals surface area contributed by atoms with Crippen LogP contribution in [0.1, 0.15) is 18.9 Å². The van der Waals surface area contributed by atoms with Crippen molar-refractivity contribution in [1.29, 1.82) is 0 Å². The van der Waals surface area contributed by atoms with Gasteiger partial charge in [-0.25, -0.2) is 13.1 Å². The van der Waals surface area contributed by atoms with Crippen molar-refractivity contribution in [3.63, 3.8) is 0 Å². The van der Waals surface area contributed by atoms with Crippen molar-refractivity contribution >= 4 is 15.7 Å². The molecule has 1 aromatic rings. The summed E-state index contributed by atoms with van der Waals surface area (Å²) in [5.74, 6) is 0.671. The summed E-state index contributed by atoms with van der Waals surface area (Å²) >= 11 is 0. The first kappa shape index (κ1) is 14.0. The number of hydrogen-bond donors (Lipinski definition) is 2. The minimum atomic E-state index is -3.00. The Balaban J connectivity index is 2.64. The molecular formula is C10H19N3O3S. The van der Waals surface area contributed by atoms with E-state index in [-0.39, 0.29) is 24.7 Å². The average Bonchev–Trinajstić information content (AvgIpc) is 2.65. The van der Waals surface area contributed by atoms with E-state index in [2.05, 4.69) is 5.10 Å². The van der Waals surface area contributed by atoms with Crippen molar-refractivity contribution in [2.24, 2.45) is 0 Å². The first-order valence-corrected chi connectivity index (χ1v) is 7.43. The summed E-state index contributed by atoms with van der Waals surface area (Å²) in [5.41, 5.74) is 6.69. The monoisotopic (exact) mass is 261 g/mol. The van der Waals surface area contributed by atoms with Gasteiger partial charge in [-0.1, -0.05) is 6.92 Å². The maximum absolute atomic E-state index is 11.3. The third-order valence-electron chi connectivity index (χ3n) is 2.62. The van der Waals surface area contributed by atoms with E-state index in [0.717, 1.165) is 5.56 Å². The number of rotatable bonds is 7. The van der Waals surface area contributed by atoms with Crippen molar-refractivity contribution in [1.82, 2.24) is 9.78 Å². The van der Waals surface area contributed by atoms with Crippen LogP contribution in [0, 0.1) is 0 Å². The predicted molar refractivity (Wildman–Crippen MR) is 66.4 cm³/mol. The molecule has 0 aliphatic rings. The van der Waals surface area contributed by atoms with Crippen LogP contribution in [0.25, 0.3) is 0 Å². The van der Waals surface area contributed by atoms with Gasteiger partial charge in [0.05, 0.1) is 18.5 Å². The predicted octanol–water partition coefficient (Wildman–Crippen LogP) is -0.175. The van der Waals surface area contributed by atoms with Crippen LogP contribution < -0.4 is 5.73 Å². The second-order valence-electron chi connectivity index (χ2n) is 3.84. The Morgan fingerprint density at radius 1 is 1.53 bits per heavy atom. The number of sulfone groups is 1. The Morgan fingerprint density at radius 2 is 2.24 bits per heavy atom. The molecule has 0 aromatic carbocycles. The van der Waals surface area contributed by atoms with Gasteiger partial charge in [-0.05, 0) is 12.8 Å². The fraction of sp³-hybridized carbons (Fsp3) is 0.700. The van der Waals surface area contributed by atoms with Gasteiger partial charge in [0.1, 0.15) is 5.82 Å². The first-order valence-electron chi connectivity index (χ1n) is 5.61. The fourth-order valence-corrected chi connectivity index (χ4v) is 2.18. The molecule has 0 amide bonds. The Bertz CT molecular complexity index is 453. The van der Waals surface area contributed by atoms with Crippen LogP contribution in [0.2, 0.25) is 0 Å². The van der Waals surface area contributed by atoms with Crippen molar-refractivity contribution in [2.45, 2.75) is 26.3 Å². The third-order valence-corrected chi connectivity index (χ3v) is 4.30. The summed E-state index contributed by atoms with van der Waals surface area (Å²) in [4.78, 5) is 0. The van der Waals surface area contributed by atoms with E-state index < -0.39 is 9.84 Å². The van der Waals surface area contributed by atoms with Crippen molar-refractivity contribution < 1.29 is 13.5 Å². The van der Waals surface area contributed by atoms with E-state index in [1.165, 1.54) is 4.68 Å².